The SMILES string of the molecule is O=C(O)CNC(=O)CNC(=O)c1cccnc1. The van der Waals surface area contributed by atoms with Crippen molar-refractivity contribution in [2.75, 3.05) is 13.1 Å². The first-order valence-corrected chi connectivity index (χ1v) is 4.76. The van der Waals surface area contributed by atoms with E-state index in [-0.39, 0.29) is 6.54 Å². The quantitative estimate of drug-likeness (QED) is 0.609. The molecule has 0 aliphatic carbocycles. The summed E-state index contributed by atoms with van der Waals surface area (Å²) in [4.78, 5) is 36.4. The second-order valence-corrected chi connectivity index (χ2v) is 3.09. The fourth-order valence-corrected chi connectivity index (χ4v) is 0.996. The van der Waals surface area contributed by atoms with Gasteiger partial charge in [0.05, 0.1) is 12.1 Å². The van der Waals surface area contributed by atoms with Crippen LogP contribution in [0.3, 0.4) is 0 Å². The maximum absolute atomic E-state index is 11.4. The molecule has 1 aromatic rings. The summed E-state index contributed by atoms with van der Waals surface area (Å²) in [6.45, 7) is -0.747. The summed E-state index contributed by atoms with van der Waals surface area (Å²) in [6, 6.07) is 3.15. The van der Waals surface area contributed by atoms with Crippen LogP contribution in [0.2, 0.25) is 0 Å². The highest BCUT2D eigenvalue weighted by atomic mass is 16.4. The Bertz CT molecular complexity index is 419. The van der Waals surface area contributed by atoms with Crippen LogP contribution in [0.4, 0.5) is 0 Å². The van der Waals surface area contributed by atoms with Crippen LogP contribution in [-0.2, 0) is 9.59 Å². The van der Waals surface area contributed by atoms with Gasteiger partial charge in [-0.25, -0.2) is 0 Å². The van der Waals surface area contributed by atoms with Crippen molar-refractivity contribution < 1.29 is 19.5 Å². The number of carboxylic acid groups (broad SMARTS) is 1. The van der Waals surface area contributed by atoms with Gasteiger partial charge in [-0.2, -0.15) is 0 Å². The van der Waals surface area contributed by atoms with E-state index in [0.29, 0.717) is 5.56 Å². The van der Waals surface area contributed by atoms with E-state index in [2.05, 4.69) is 15.6 Å². The Hall–Kier alpha value is -2.44. The Morgan fingerprint density at radius 1 is 1.24 bits per heavy atom. The molecule has 0 aliphatic heterocycles. The maximum atomic E-state index is 11.4. The minimum atomic E-state index is -1.14. The van der Waals surface area contributed by atoms with Gasteiger partial charge in [-0.1, -0.05) is 0 Å². The third-order valence-electron chi connectivity index (χ3n) is 1.77. The lowest BCUT2D eigenvalue weighted by Crippen LogP contribution is -2.39. The molecule has 0 saturated heterocycles. The van der Waals surface area contributed by atoms with Gasteiger partial charge in [0.1, 0.15) is 6.54 Å². The molecule has 90 valence electrons. The number of nitrogens with zero attached hydrogens (tertiary/aromatic N) is 1. The molecule has 1 aromatic heterocycles. The number of amides is 2. The number of hydrogen-bond acceptors (Lipinski definition) is 4. The Balaban J connectivity index is 2.34. The highest BCUT2D eigenvalue weighted by Crippen LogP contribution is 1.94. The number of carbonyl (C=O) groups excluding carboxylic acids is 2. The van der Waals surface area contributed by atoms with Gasteiger partial charge in [0, 0.05) is 12.4 Å². The van der Waals surface area contributed by atoms with Crippen LogP contribution in [0.15, 0.2) is 24.5 Å². The molecule has 2 amide bonds. The van der Waals surface area contributed by atoms with Gasteiger partial charge in [-0.15, -0.1) is 0 Å². The zero-order chi connectivity index (χ0) is 12.7. The van der Waals surface area contributed by atoms with Gasteiger partial charge in [0.25, 0.3) is 5.91 Å². The van der Waals surface area contributed by atoms with Crippen LogP contribution >= 0.6 is 0 Å². The van der Waals surface area contributed by atoms with E-state index < -0.39 is 24.3 Å². The number of rotatable bonds is 5. The summed E-state index contributed by atoms with van der Waals surface area (Å²) in [5.41, 5.74) is 0.332. The first-order valence-electron chi connectivity index (χ1n) is 4.76. The third-order valence-corrected chi connectivity index (χ3v) is 1.77. The van der Waals surface area contributed by atoms with Gasteiger partial charge in [0.15, 0.2) is 0 Å². The number of aliphatic carboxylic acids is 1. The number of nitrogens with one attached hydrogen (secondary N) is 2. The monoisotopic (exact) mass is 237 g/mol. The molecular weight excluding hydrogens is 226 g/mol. The molecule has 1 heterocycles. The molecule has 7 heteroatoms. The molecule has 0 atom stereocenters. The third kappa shape index (κ3) is 4.74. The molecule has 0 saturated carbocycles. The lowest BCUT2D eigenvalue weighted by molar-refractivity contribution is -0.137. The van der Waals surface area contributed by atoms with Crippen molar-refractivity contribution in [1.82, 2.24) is 15.6 Å². The second kappa shape index (κ2) is 6.21. The summed E-state index contributed by atoms with van der Waals surface area (Å²) in [7, 11) is 0. The van der Waals surface area contributed by atoms with E-state index in [0.717, 1.165) is 0 Å². The first-order chi connectivity index (χ1) is 8.09. The molecule has 1 rings (SSSR count). The van der Waals surface area contributed by atoms with Crippen molar-refractivity contribution in [3.05, 3.63) is 30.1 Å². The Labute approximate surface area is 96.9 Å². The van der Waals surface area contributed by atoms with Crippen LogP contribution in [-0.4, -0.2) is 41.0 Å². The predicted octanol–water partition coefficient (Wildman–Crippen LogP) is -0.988. The summed E-state index contributed by atoms with van der Waals surface area (Å²) in [6.07, 6.45) is 2.89. The van der Waals surface area contributed by atoms with E-state index in [1.54, 1.807) is 12.1 Å². The molecule has 0 radical (unpaired) electrons. The molecule has 0 bridgehead atoms. The smallest absolute Gasteiger partial charge is 0.322 e. The van der Waals surface area contributed by atoms with Crippen molar-refractivity contribution >= 4 is 17.8 Å². The van der Waals surface area contributed by atoms with E-state index in [4.69, 9.17) is 5.11 Å². The summed E-state index contributed by atoms with van der Waals surface area (Å²) >= 11 is 0. The molecule has 7 nitrogen and oxygen atoms in total. The van der Waals surface area contributed by atoms with Gasteiger partial charge in [-0.3, -0.25) is 19.4 Å². The van der Waals surface area contributed by atoms with Crippen molar-refractivity contribution in [3.8, 4) is 0 Å². The average molecular weight is 237 g/mol. The number of carboxylic acids is 1. The highest BCUT2D eigenvalue weighted by Gasteiger charge is 2.08. The fraction of sp³-hybridized carbons (Fsp3) is 0.200. The standard InChI is InChI=1S/C10H11N3O4/c14-8(12-6-9(15)16)5-13-10(17)7-2-1-3-11-4-7/h1-4H,5-6H2,(H,12,14)(H,13,17)(H,15,16). The minimum Gasteiger partial charge on any atom is -0.480 e. The summed E-state index contributed by atoms with van der Waals surface area (Å²) < 4.78 is 0. The Morgan fingerprint density at radius 2 is 2.00 bits per heavy atom. The number of pyridine rings is 1. The van der Waals surface area contributed by atoms with Crippen molar-refractivity contribution in [2.24, 2.45) is 0 Å². The lowest BCUT2D eigenvalue weighted by Gasteiger charge is -2.04. The van der Waals surface area contributed by atoms with E-state index in [9.17, 15) is 14.4 Å². The van der Waals surface area contributed by atoms with Gasteiger partial charge < -0.3 is 15.7 Å². The van der Waals surface area contributed by atoms with E-state index >= 15 is 0 Å². The maximum Gasteiger partial charge on any atom is 0.322 e. The molecular formula is C10H11N3O4. The van der Waals surface area contributed by atoms with Crippen molar-refractivity contribution in [3.63, 3.8) is 0 Å². The van der Waals surface area contributed by atoms with Crippen LogP contribution in [0, 0.1) is 0 Å². The van der Waals surface area contributed by atoms with Gasteiger partial charge >= 0.3 is 5.97 Å². The molecule has 17 heavy (non-hydrogen) atoms. The average Bonchev–Trinajstić information content (AvgIpc) is 2.34. The highest BCUT2D eigenvalue weighted by molar-refractivity contribution is 5.96. The molecule has 0 fully saturated rings. The molecule has 0 aliphatic rings. The van der Waals surface area contributed by atoms with E-state index in [1.165, 1.54) is 12.4 Å². The van der Waals surface area contributed by atoms with Gasteiger partial charge in [0.2, 0.25) is 5.91 Å². The molecule has 0 spiro atoms. The Kier molecular flexibility index (Phi) is 4.61. The summed E-state index contributed by atoms with van der Waals surface area (Å²) in [5, 5.41) is 12.8. The topological polar surface area (TPSA) is 108 Å². The Morgan fingerprint density at radius 3 is 2.59 bits per heavy atom. The number of hydrogen-bond donors (Lipinski definition) is 3. The summed E-state index contributed by atoms with van der Waals surface area (Å²) in [5.74, 6) is -2.15. The molecule has 0 unspecified atom stereocenters. The van der Waals surface area contributed by atoms with E-state index in [1.807, 2.05) is 0 Å². The van der Waals surface area contributed by atoms with Crippen LogP contribution in [0.5, 0.6) is 0 Å². The molecule has 3 N–H and O–H groups in total. The normalized spacial score (nSPS) is 9.41. The molecule has 0 aromatic carbocycles. The first kappa shape index (κ1) is 12.6. The second-order valence-electron chi connectivity index (χ2n) is 3.09. The number of aromatic nitrogens is 1. The van der Waals surface area contributed by atoms with Crippen molar-refractivity contribution in [1.29, 1.82) is 0 Å². The van der Waals surface area contributed by atoms with Crippen molar-refractivity contribution in [2.45, 2.75) is 0 Å². The van der Waals surface area contributed by atoms with Crippen LogP contribution in [0.1, 0.15) is 10.4 Å². The largest absolute Gasteiger partial charge is 0.480 e. The van der Waals surface area contributed by atoms with Gasteiger partial charge in [-0.05, 0) is 12.1 Å². The van der Waals surface area contributed by atoms with Crippen LogP contribution in [0.25, 0.3) is 0 Å². The fourth-order valence-electron chi connectivity index (χ4n) is 0.996. The number of carbonyl (C=O) groups is 3. The zero-order valence-corrected chi connectivity index (χ0v) is 8.84. The van der Waals surface area contributed by atoms with Crippen LogP contribution < -0.4 is 10.6 Å². The predicted molar refractivity (Wildman–Crippen MR) is 57.2 cm³/mol. The lowest BCUT2D eigenvalue weighted by atomic mass is 10.3. The zero-order valence-electron chi connectivity index (χ0n) is 8.84. The minimum absolute atomic E-state index is 0.277.